The van der Waals surface area contributed by atoms with Crippen molar-refractivity contribution in [2.75, 3.05) is 21.2 Å². The van der Waals surface area contributed by atoms with Gasteiger partial charge in [-0.3, -0.25) is 9.59 Å². The number of nitrogens with zero attached hydrogens (tertiary/aromatic N) is 1. The summed E-state index contributed by atoms with van der Waals surface area (Å²) >= 11 is 0. The van der Waals surface area contributed by atoms with Crippen molar-refractivity contribution in [3.05, 3.63) is 29.3 Å². The molecule has 1 aromatic rings. The van der Waals surface area contributed by atoms with E-state index >= 15 is 0 Å². The standard InChI is InChI=1S/C15H21NO3/c1-15(2,3)10-7-8-12(19-6)11(9-10)13(17)14(18)16(4)5/h7-9H,1-6H3. The summed E-state index contributed by atoms with van der Waals surface area (Å²) < 4.78 is 5.17. The van der Waals surface area contributed by atoms with E-state index in [1.807, 2.05) is 6.07 Å². The molecule has 104 valence electrons. The van der Waals surface area contributed by atoms with Crippen molar-refractivity contribution in [3.8, 4) is 5.75 Å². The molecule has 0 saturated heterocycles. The second kappa shape index (κ2) is 5.43. The SMILES string of the molecule is COc1ccc(C(C)(C)C)cc1C(=O)C(=O)N(C)C. The monoisotopic (exact) mass is 263 g/mol. The number of methoxy groups -OCH3 is 1. The number of ether oxygens (including phenoxy) is 1. The predicted octanol–water partition coefficient (Wildman–Crippen LogP) is 2.26. The summed E-state index contributed by atoms with van der Waals surface area (Å²) in [7, 11) is 4.60. The number of ketones is 1. The lowest BCUT2D eigenvalue weighted by Crippen LogP contribution is -2.30. The van der Waals surface area contributed by atoms with Crippen LogP contribution in [0.4, 0.5) is 0 Å². The summed E-state index contributed by atoms with van der Waals surface area (Å²) in [5, 5.41) is 0. The molecule has 0 spiro atoms. The molecule has 0 aliphatic heterocycles. The van der Waals surface area contributed by atoms with Crippen LogP contribution in [0.15, 0.2) is 18.2 Å². The number of hydrogen-bond acceptors (Lipinski definition) is 3. The average molecular weight is 263 g/mol. The summed E-state index contributed by atoms with van der Waals surface area (Å²) in [5.41, 5.74) is 1.21. The Bertz CT molecular complexity index is 499. The lowest BCUT2D eigenvalue weighted by atomic mass is 9.85. The first-order valence-electron chi connectivity index (χ1n) is 6.13. The van der Waals surface area contributed by atoms with Gasteiger partial charge in [-0.2, -0.15) is 0 Å². The molecule has 0 N–H and O–H groups in total. The molecule has 0 aliphatic rings. The van der Waals surface area contributed by atoms with E-state index in [1.54, 1.807) is 26.2 Å². The lowest BCUT2D eigenvalue weighted by Gasteiger charge is -2.21. The minimum Gasteiger partial charge on any atom is -0.496 e. The number of hydrogen-bond donors (Lipinski definition) is 0. The molecule has 1 aromatic carbocycles. The van der Waals surface area contributed by atoms with Crippen LogP contribution in [0.1, 0.15) is 36.7 Å². The van der Waals surface area contributed by atoms with Gasteiger partial charge < -0.3 is 9.64 Å². The topological polar surface area (TPSA) is 46.6 Å². The summed E-state index contributed by atoms with van der Waals surface area (Å²) in [6.07, 6.45) is 0. The molecule has 0 aromatic heterocycles. The van der Waals surface area contributed by atoms with Crippen molar-refractivity contribution in [1.29, 1.82) is 0 Å². The Morgan fingerprint density at radius 3 is 2.16 bits per heavy atom. The maximum atomic E-state index is 12.2. The van der Waals surface area contributed by atoms with E-state index in [-0.39, 0.29) is 5.41 Å². The summed E-state index contributed by atoms with van der Waals surface area (Å²) in [6.45, 7) is 6.16. The second-order valence-corrected chi connectivity index (χ2v) is 5.69. The molecule has 0 aliphatic carbocycles. The lowest BCUT2D eigenvalue weighted by molar-refractivity contribution is -0.124. The van der Waals surface area contributed by atoms with Gasteiger partial charge in [-0.1, -0.05) is 26.8 Å². The first kappa shape index (κ1) is 15.2. The van der Waals surface area contributed by atoms with E-state index in [4.69, 9.17) is 4.74 Å². The van der Waals surface area contributed by atoms with Crippen LogP contribution in [0.5, 0.6) is 5.75 Å². The van der Waals surface area contributed by atoms with Crippen molar-refractivity contribution < 1.29 is 14.3 Å². The molecule has 4 heteroatoms. The van der Waals surface area contributed by atoms with Crippen molar-refractivity contribution in [1.82, 2.24) is 4.90 Å². The zero-order chi connectivity index (χ0) is 14.8. The van der Waals surface area contributed by atoms with Crippen LogP contribution in [0.25, 0.3) is 0 Å². The summed E-state index contributed by atoms with van der Waals surface area (Å²) in [4.78, 5) is 25.2. The number of likely N-dealkylation sites (N-methyl/N-ethyl adjacent to an activating group) is 1. The molecule has 4 nitrogen and oxygen atoms in total. The van der Waals surface area contributed by atoms with E-state index in [1.165, 1.54) is 12.0 Å². The van der Waals surface area contributed by atoms with Gasteiger partial charge in [0.1, 0.15) is 5.75 Å². The van der Waals surface area contributed by atoms with Crippen LogP contribution in [0.2, 0.25) is 0 Å². The van der Waals surface area contributed by atoms with Gasteiger partial charge in [0, 0.05) is 14.1 Å². The molecule has 19 heavy (non-hydrogen) atoms. The fraction of sp³-hybridized carbons (Fsp3) is 0.467. The fourth-order valence-electron chi connectivity index (χ4n) is 1.67. The van der Waals surface area contributed by atoms with Gasteiger partial charge in [0.25, 0.3) is 11.7 Å². The third-order valence-corrected chi connectivity index (χ3v) is 2.91. The molecule has 0 heterocycles. The molecule has 0 fully saturated rings. The first-order valence-corrected chi connectivity index (χ1v) is 6.13. The van der Waals surface area contributed by atoms with E-state index in [9.17, 15) is 9.59 Å². The second-order valence-electron chi connectivity index (χ2n) is 5.69. The number of carbonyl (C=O) groups excluding carboxylic acids is 2. The molecule has 0 bridgehead atoms. The number of Topliss-reactive ketones (excluding diaryl/α,β-unsaturated/α-hetero) is 1. The fourth-order valence-corrected chi connectivity index (χ4v) is 1.67. The zero-order valence-corrected chi connectivity index (χ0v) is 12.4. The molecular formula is C15H21NO3. The van der Waals surface area contributed by atoms with Crippen LogP contribution in [0, 0.1) is 0 Å². The minimum atomic E-state index is -0.552. The van der Waals surface area contributed by atoms with Crippen molar-refractivity contribution in [2.24, 2.45) is 0 Å². The van der Waals surface area contributed by atoms with Crippen molar-refractivity contribution in [3.63, 3.8) is 0 Å². The Morgan fingerprint density at radius 2 is 1.74 bits per heavy atom. The Morgan fingerprint density at radius 1 is 1.16 bits per heavy atom. The van der Waals surface area contributed by atoms with Crippen molar-refractivity contribution >= 4 is 11.7 Å². The van der Waals surface area contributed by atoms with Crippen LogP contribution < -0.4 is 4.74 Å². The number of carbonyl (C=O) groups is 2. The largest absolute Gasteiger partial charge is 0.496 e. The van der Waals surface area contributed by atoms with Gasteiger partial charge in [-0.15, -0.1) is 0 Å². The third kappa shape index (κ3) is 3.34. The van der Waals surface area contributed by atoms with Gasteiger partial charge >= 0.3 is 0 Å². The Balaban J connectivity index is 3.32. The van der Waals surface area contributed by atoms with Gasteiger partial charge in [-0.25, -0.2) is 0 Å². The number of rotatable bonds is 3. The summed E-state index contributed by atoms with van der Waals surface area (Å²) in [5.74, 6) is -0.675. The summed E-state index contributed by atoms with van der Waals surface area (Å²) in [6, 6.07) is 5.38. The van der Waals surface area contributed by atoms with Gasteiger partial charge in [0.2, 0.25) is 0 Å². The van der Waals surface area contributed by atoms with Crippen LogP contribution in [0.3, 0.4) is 0 Å². The molecule has 0 unspecified atom stereocenters. The van der Waals surface area contributed by atoms with E-state index in [2.05, 4.69) is 20.8 Å². The Kier molecular flexibility index (Phi) is 4.35. The molecule has 1 rings (SSSR count). The average Bonchev–Trinajstić information content (AvgIpc) is 2.34. The molecule has 0 radical (unpaired) electrons. The molecular weight excluding hydrogens is 242 g/mol. The zero-order valence-electron chi connectivity index (χ0n) is 12.4. The van der Waals surface area contributed by atoms with Gasteiger partial charge in [0.05, 0.1) is 12.7 Å². The number of benzene rings is 1. The highest BCUT2D eigenvalue weighted by Gasteiger charge is 2.24. The van der Waals surface area contributed by atoms with Crippen molar-refractivity contribution in [2.45, 2.75) is 26.2 Å². The number of amides is 1. The maximum absolute atomic E-state index is 12.2. The van der Waals surface area contributed by atoms with E-state index < -0.39 is 11.7 Å². The highest BCUT2D eigenvalue weighted by atomic mass is 16.5. The highest BCUT2D eigenvalue weighted by molar-refractivity contribution is 6.43. The van der Waals surface area contributed by atoms with Gasteiger partial charge in [0.15, 0.2) is 0 Å². The molecule has 0 atom stereocenters. The maximum Gasteiger partial charge on any atom is 0.294 e. The van der Waals surface area contributed by atoms with Gasteiger partial charge in [-0.05, 0) is 23.1 Å². The Hall–Kier alpha value is -1.84. The van der Waals surface area contributed by atoms with E-state index in [0.717, 1.165) is 5.56 Å². The highest BCUT2D eigenvalue weighted by Crippen LogP contribution is 2.28. The first-order chi connectivity index (χ1) is 8.68. The Labute approximate surface area is 114 Å². The minimum absolute atomic E-state index is 0.0948. The molecule has 1 amide bonds. The normalized spacial score (nSPS) is 11.1. The third-order valence-electron chi connectivity index (χ3n) is 2.91. The van der Waals surface area contributed by atoms with Crippen LogP contribution in [-0.4, -0.2) is 37.8 Å². The predicted molar refractivity (Wildman–Crippen MR) is 74.7 cm³/mol. The van der Waals surface area contributed by atoms with Crippen LogP contribution >= 0.6 is 0 Å². The molecule has 0 saturated carbocycles. The van der Waals surface area contributed by atoms with E-state index in [0.29, 0.717) is 11.3 Å². The smallest absolute Gasteiger partial charge is 0.294 e. The quantitative estimate of drug-likeness (QED) is 0.621. The van der Waals surface area contributed by atoms with Crippen LogP contribution in [-0.2, 0) is 10.2 Å².